The van der Waals surface area contributed by atoms with E-state index in [1.807, 2.05) is 19.1 Å². The van der Waals surface area contributed by atoms with Crippen LogP contribution in [0, 0.1) is 12.7 Å². The number of nitrogens with zero attached hydrogens (tertiary/aromatic N) is 3. The molecule has 4 rings (SSSR count). The lowest BCUT2D eigenvalue weighted by atomic mass is 10.1. The van der Waals surface area contributed by atoms with E-state index in [-0.39, 0.29) is 34.7 Å². The molecule has 0 saturated heterocycles. The summed E-state index contributed by atoms with van der Waals surface area (Å²) in [6.07, 6.45) is 1.35. The number of hydrazone groups is 1. The van der Waals surface area contributed by atoms with Gasteiger partial charge in [-0.1, -0.05) is 58.8 Å². The van der Waals surface area contributed by atoms with Crippen molar-refractivity contribution in [1.82, 2.24) is 15.6 Å². The molecule has 11 heteroatoms. The van der Waals surface area contributed by atoms with Gasteiger partial charge >= 0.3 is 0 Å². The number of ether oxygens (including phenoxy) is 1. The molecule has 0 fully saturated rings. The molecule has 1 aromatic heterocycles. The third-order valence-electron chi connectivity index (χ3n) is 5.06. The molecule has 2 N–H and O–H groups in total. The number of carbonyl (C=O) groups excluding carboxylic acids is 2. The van der Waals surface area contributed by atoms with Gasteiger partial charge in [0.2, 0.25) is 11.0 Å². The summed E-state index contributed by atoms with van der Waals surface area (Å²) in [4.78, 5) is 24.6. The van der Waals surface area contributed by atoms with Crippen molar-refractivity contribution in [3.05, 3.63) is 105 Å². The maximum Gasteiger partial charge on any atom is 0.257 e. The lowest BCUT2D eigenvalue weighted by Crippen LogP contribution is -2.19. The minimum absolute atomic E-state index is 0.0669. The van der Waals surface area contributed by atoms with Gasteiger partial charge in [-0.05, 0) is 43.3 Å². The van der Waals surface area contributed by atoms with Gasteiger partial charge in [0, 0.05) is 16.7 Å². The van der Waals surface area contributed by atoms with E-state index < -0.39 is 11.7 Å². The number of benzene rings is 3. The molecule has 0 aliphatic carbocycles. The highest BCUT2D eigenvalue weighted by molar-refractivity contribution is 7.15. The fourth-order valence-corrected chi connectivity index (χ4v) is 4.09. The van der Waals surface area contributed by atoms with Crippen molar-refractivity contribution in [2.75, 3.05) is 5.32 Å². The van der Waals surface area contributed by atoms with Gasteiger partial charge in [-0.25, -0.2) is 9.82 Å². The fourth-order valence-electron chi connectivity index (χ4n) is 3.14. The summed E-state index contributed by atoms with van der Waals surface area (Å²) in [5.74, 6) is -0.742. The summed E-state index contributed by atoms with van der Waals surface area (Å²) >= 11 is 7.15. The average Bonchev–Trinajstić information content (AvgIpc) is 3.31. The highest BCUT2D eigenvalue weighted by Crippen LogP contribution is 2.23. The monoisotopic (exact) mass is 537 g/mol. The van der Waals surface area contributed by atoms with Crippen molar-refractivity contribution >= 4 is 46.1 Å². The van der Waals surface area contributed by atoms with Gasteiger partial charge in [0.15, 0.2) is 0 Å². The Morgan fingerprint density at radius 3 is 2.65 bits per heavy atom. The Morgan fingerprint density at radius 2 is 1.86 bits per heavy atom. The first-order chi connectivity index (χ1) is 17.9. The first-order valence-electron chi connectivity index (χ1n) is 11.1. The molecule has 2 amide bonds. The van der Waals surface area contributed by atoms with Crippen LogP contribution in [0.25, 0.3) is 0 Å². The van der Waals surface area contributed by atoms with E-state index in [9.17, 15) is 14.0 Å². The molecule has 188 valence electrons. The number of carbonyl (C=O) groups is 2. The van der Waals surface area contributed by atoms with Crippen LogP contribution >= 0.6 is 22.9 Å². The van der Waals surface area contributed by atoms with E-state index in [4.69, 9.17) is 16.3 Å². The highest BCUT2D eigenvalue weighted by Gasteiger charge is 2.13. The Hall–Kier alpha value is -4.15. The maximum absolute atomic E-state index is 14.0. The van der Waals surface area contributed by atoms with Crippen LogP contribution in [-0.4, -0.2) is 28.2 Å². The van der Waals surface area contributed by atoms with Crippen molar-refractivity contribution in [3.8, 4) is 5.75 Å². The van der Waals surface area contributed by atoms with Crippen molar-refractivity contribution < 1.29 is 18.7 Å². The van der Waals surface area contributed by atoms with Crippen LogP contribution in [0.1, 0.15) is 32.1 Å². The van der Waals surface area contributed by atoms with Gasteiger partial charge in [-0.3, -0.25) is 14.9 Å². The predicted molar refractivity (Wildman–Crippen MR) is 141 cm³/mol. The summed E-state index contributed by atoms with van der Waals surface area (Å²) in [7, 11) is 0. The molecule has 4 aromatic rings. The topological polar surface area (TPSA) is 106 Å². The molecule has 0 aliphatic heterocycles. The smallest absolute Gasteiger partial charge is 0.257 e. The summed E-state index contributed by atoms with van der Waals surface area (Å²) in [6.45, 7) is 1.87. The molecule has 37 heavy (non-hydrogen) atoms. The summed E-state index contributed by atoms with van der Waals surface area (Å²) in [5, 5.41) is 15.5. The van der Waals surface area contributed by atoms with E-state index in [2.05, 4.69) is 26.0 Å². The molecule has 0 atom stereocenters. The standard InChI is InChI=1S/C26H21ClFN5O3S/c1-16-9-11-17(12-10-16)25(35)30-26-33-32-24(37-26)13-23(34)31-29-14-18-5-2-3-8-22(18)36-15-19-20(27)6-4-7-21(19)28/h2-12,14H,13,15H2,1H3,(H,31,34)(H,30,33,35)/b29-14-. The van der Waals surface area contributed by atoms with Crippen molar-refractivity contribution in [1.29, 1.82) is 0 Å². The zero-order valence-corrected chi connectivity index (χ0v) is 21.1. The Morgan fingerprint density at radius 1 is 1.08 bits per heavy atom. The maximum atomic E-state index is 14.0. The lowest BCUT2D eigenvalue weighted by Gasteiger charge is -2.10. The number of hydrogen-bond acceptors (Lipinski definition) is 7. The average molecular weight is 538 g/mol. The largest absolute Gasteiger partial charge is 0.488 e. The molecule has 0 aliphatic rings. The minimum atomic E-state index is -0.458. The number of rotatable bonds is 9. The van der Waals surface area contributed by atoms with E-state index in [0.717, 1.165) is 16.9 Å². The molecule has 8 nitrogen and oxygen atoms in total. The highest BCUT2D eigenvalue weighted by atomic mass is 35.5. The third kappa shape index (κ3) is 7.18. The van der Waals surface area contributed by atoms with Crippen LogP contribution in [0.4, 0.5) is 9.52 Å². The lowest BCUT2D eigenvalue weighted by molar-refractivity contribution is -0.120. The van der Waals surface area contributed by atoms with Crippen molar-refractivity contribution in [2.45, 2.75) is 20.0 Å². The molecule has 1 heterocycles. The second-order valence-corrected chi connectivity index (χ2v) is 9.29. The van der Waals surface area contributed by atoms with Crippen LogP contribution in [-0.2, 0) is 17.8 Å². The Kier molecular flexibility index (Phi) is 8.55. The van der Waals surface area contributed by atoms with Gasteiger partial charge < -0.3 is 4.74 Å². The number of aryl methyl sites for hydroxylation is 1. The normalized spacial score (nSPS) is 10.9. The van der Waals surface area contributed by atoms with E-state index in [0.29, 0.717) is 21.9 Å². The molecule has 3 aromatic carbocycles. The Bertz CT molecular complexity index is 1420. The van der Waals surface area contributed by atoms with Crippen LogP contribution in [0.5, 0.6) is 5.75 Å². The summed E-state index contributed by atoms with van der Waals surface area (Å²) < 4.78 is 19.7. The summed E-state index contributed by atoms with van der Waals surface area (Å²) in [6, 6.07) is 18.5. The first kappa shape index (κ1) is 25.9. The SMILES string of the molecule is Cc1ccc(C(=O)Nc2nnc(CC(=O)N/N=C\c3ccccc3OCc3c(F)cccc3Cl)s2)cc1. The minimum Gasteiger partial charge on any atom is -0.488 e. The second kappa shape index (κ2) is 12.2. The molecule has 0 bridgehead atoms. The first-order valence-corrected chi connectivity index (χ1v) is 12.3. The van der Waals surface area contributed by atoms with Crippen molar-refractivity contribution in [2.24, 2.45) is 5.10 Å². The van der Waals surface area contributed by atoms with Crippen LogP contribution in [0.3, 0.4) is 0 Å². The molecule has 0 radical (unpaired) electrons. The fraction of sp³-hybridized carbons (Fsp3) is 0.115. The van der Waals surface area contributed by atoms with Crippen LogP contribution in [0.15, 0.2) is 71.8 Å². The van der Waals surface area contributed by atoms with Gasteiger partial charge in [0.05, 0.1) is 17.7 Å². The Labute approximate surface area is 221 Å². The quantitative estimate of drug-likeness (QED) is 0.226. The molecule has 0 spiro atoms. The molecular formula is C26H21ClFN5O3S. The molecule has 0 saturated carbocycles. The van der Waals surface area contributed by atoms with E-state index in [1.165, 1.54) is 18.3 Å². The summed E-state index contributed by atoms with van der Waals surface area (Å²) in [5.41, 5.74) is 4.79. The number of para-hydroxylation sites is 1. The number of amides is 2. The number of aromatic nitrogens is 2. The zero-order valence-electron chi connectivity index (χ0n) is 19.6. The number of anilines is 1. The number of nitrogens with one attached hydrogen (secondary N) is 2. The van der Waals surface area contributed by atoms with Crippen molar-refractivity contribution in [3.63, 3.8) is 0 Å². The third-order valence-corrected chi connectivity index (χ3v) is 6.25. The van der Waals surface area contributed by atoms with Gasteiger partial charge in [0.1, 0.15) is 23.2 Å². The van der Waals surface area contributed by atoms with E-state index >= 15 is 0 Å². The zero-order chi connectivity index (χ0) is 26.2. The van der Waals surface area contributed by atoms with E-state index in [1.54, 1.807) is 42.5 Å². The Balaban J connectivity index is 1.30. The van der Waals surface area contributed by atoms with Gasteiger partial charge in [-0.15, -0.1) is 10.2 Å². The second-order valence-electron chi connectivity index (χ2n) is 7.82. The molecule has 0 unspecified atom stereocenters. The van der Waals surface area contributed by atoms with Crippen LogP contribution in [0.2, 0.25) is 5.02 Å². The van der Waals surface area contributed by atoms with Gasteiger partial charge in [0.25, 0.3) is 5.91 Å². The number of halogens is 2. The van der Waals surface area contributed by atoms with Gasteiger partial charge in [-0.2, -0.15) is 5.10 Å². The van der Waals surface area contributed by atoms with Crippen LogP contribution < -0.4 is 15.5 Å². The predicted octanol–water partition coefficient (Wildman–Crippen LogP) is 5.16. The number of hydrogen-bond donors (Lipinski definition) is 2. The molecular weight excluding hydrogens is 517 g/mol.